The highest BCUT2D eigenvalue weighted by atomic mass is 79.9. The van der Waals surface area contributed by atoms with E-state index in [2.05, 4.69) is 56.6 Å². The first-order chi connectivity index (χ1) is 19.2. The molecule has 1 fully saturated rings. The number of anilines is 1. The number of aliphatic hydroxyl groups is 2. The predicted molar refractivity (Wildman–Crippen MR) is 160 cm³/mol. The Morgan fingerprint density at radius 2 is 1.73 bits per heavy atom. The van der Waals surface area contributed by atoms with Crippen molar-refractivity contribution in [2.24, 2.45) is 5.92 Å². The molecule has 204 valence electrons. The van der Waals surface area contributed by atoms with Crippen LogP contribution in [0.25, 0.3) is 0 Å². The summed E-state index contributed by atoms with van der Waals surface area (Å²) in [7, 11) is 0. The normalized spacial score (nSPS) is 27.4. The maximum atomic E-state index is 13.2. The molecule has 0 bridgehead atoms. The van der Waals surface area contributed by atoms with E-state index < -0.39 is 11.2 Å². The number of nitrogens with one attached hydrogen (secondary N) is 1. The molecule has 40 heavy (non-hydrogen) atoms. The first-order valence-electron chi connectivity index (χ1n) is 13.8. The number of aryl methyl sites for hydroxylation is 1. The van der Waals surface area contributed by atoms with Gasteiger partial charge in [0.25, 0.3) is 5.91 Å². The van der Waals surface area contributed by atoms with Crippen molar-refractivity contribution in [2.75, 3.05) is 5.32 Å². The maximum absolute atomic E-state index is 13.2. The molecule has 3 N–H and O–H groups in total. The minimum absolute atomic E-state index is 0.152. The summed E-state index contributed by atoms with van der Waals surface area (Å²) in [5.74, 6) is -0.0283. The summed E-state index contributed by atoms with van der Waals surface area (Å²) in [6, 6.07) is 29.6. The number of aromatic nitrogens is 1. The zero-order chi connectivity index (χ0) is 28.0. The van der Waals surface area contributed by atoms with Crippen molar-refractivity contribution < 1.29 is 15.0 Å². The lowest BCUT2D eigenvalue weighted by Crippen LogP contribution is -2.62. The largest absolute Gasteiger partial charge is 0.387 e. The molecule has 1 aromatic heterocycles. The Labute approximate surface area is 243 Å². The number of fused-ring (bicyclic) bond motifs is 3. The van der Waals surface area contributed by atoms with E-state index in [4.69, 9.17) is 0 Å². The predicted octanol–water partition coefficient (Wildman–Crippen LogP) is 6.57. The van der Waals surface area contributed by atoms with Crippen molar-refractivity contribution >= 4 is 27.5 Å². The smallest absolute Gasteiger partial charge is 0.255 e. The van der Waals surface area contributed by atoms with Gasteiger partial charge in [-0.2, -0.15) is 0 Å². The van der Waals surface area contributed by atoms with Crippen LogP contribution in [0.3, 0.4) is 0 Å². The molecule has 6 rings (SSSR count). The topological polar surface area (TPSA) is 82.5 Å². The third-order valence-corrected chi connectivity index (χ3v) is 9.61. The molecule has 0 aliphatic heterocycles. The highest BCUT2D eigenvalue weighted by Crippen LogP contribution is 2.59. The van der Waals surface area contributed by atoms with E-state index in [0.29, 0.717) is 28.7 Å². The first kappa shape index (κ1) is 26.9. The minimum Gasteiger partial charge on any atom is -0.387 e. The number of hydrogen-bond acceptors (Lipinski definition) is 4. The standard InChI is InChI=1S/C34H33BrN2O3/c1-32(39)22-33(19-23-8-4-2-5-9-23)27(20-34(32,40)26-10-6-3-7-11-26)14-12-24-18-25(13-16-29(24)33)31(38)37-28-15-17-30(35)36-21-28/h2-11,13,15-18,21,27,39-40H,12,14,19-20,22H2,1H3,(H,37,38)/t27-,32-,33-,34-/m1/s1. The fraction of sp³-hybridized carbons (Fsp3) is 0.294. The van der Waals surface area contributed by atoms with Crippen molar-refractivity contribution in [2.45, 2.75) is 55.6 Å². The highest BCUT2D eigenvalue weighted by molar-refractivity contribution is 9.10. The fourth-order valence-electron chi connectivity index (χ4n) is 7.19. The van der Waals surface area contributed by atoms with Gasteiger partial charge in [-0.05, 0) is 107 Å². The summed E-state index contributed by atoms with van der Waals surface area (Å²) >= 11 is 3.33. The molecule has 0 spiro atoms. The van der Waals surface area contributed by atoms with Crippen LogP contribution in [0.4, 0.5) is 5.69 Å². The van der Waals surface area contributed by atoms with E-state index in [1.165, 1.54) is 11.1 Å². The van der Waals surface area contributed by atoms with Crippen LogP contribution in [-0.4, -0.2) is 26.7 Å². The van der Waals surface area contributed by atoms with Crippen molar-refractivity contribution in [3.63, 3.8) is 0 Å². The second-order valence-electron chi connectivity index (χ2n) is 11.6. The van der Waals surface area contributed by atoms with Crippen molar-refractivity contribution in [1.29, 1.82) is 0 Å². The van der Waals surface area contributed by atoms with Gasteiger partial charge in [0.05, 0.1) is 17.5 Å². The third-order valence-electron chi connectivity index (χ3n) is 9.14. The van der Waals surface area contributed by atoms with Gasteiger partial charge >= 0.3 is 0 Å². The fourth-order valence-corrected chi connectivity index (χ4v) is 7.42. The van der Waals surface area contributed by atoms with Gasteiger partial charge in [-0.15, -0.1) is 0 Å². The number of nitrogens with zero attached hydrogens (tertiary/aromatic N) is 1. The van der Waals surface area contributed by atoms with E-state index in [-0.39, 0.29) is 17.2 Å². The Hall–Kier alpha value is -3.32. The number of amides is 1. The van der Waals surface area contributed by atoms with Gasteiger partial charge in [-0.1, -0.05) is 66.7 Å². The third kappa shape index (κ3) is 4.68. The lowest BCUT2D eigenvalue weighted by atomic mass is 9.48. The van der Waals surface area contributed by atoms with Crippen LogP contribution in [-0.2, 0) is 23.9 Å². The summed E-state index contributed by atoms with van der Waals surface area (Å²) in [4.78, 5) is 17.4. The van der Waals surface area contributed by atoms with Crippen LogP contribution in [0.1, 0.15) is 58.8 Å². The van der Waals surface area contributed by atoms with Crippen LogP contribution in [0.2, 0.25) is 0 Å². The molecule has 5 nitrogen and oxygen atoms in total. The number of carbonyl (C=O) groups excluding carboxylic acids is 1. The summed E-state index contributed by atoms with van der Waals surface area (Å²) in [5.41, 5.74) is 2.39. The number of halogens is 1. The minimum atomic E-state index is -1.36. The lowest BCUT2D eigenvalue weighted by molar-refractivity contribution is -0.204. The molecule has 1 amide bonds. The molecule has 0 radical (unpaired) electrons. The molecule has 1 heterocycles. The second-order valence-corrected chi connectivity index (χ2v) is 12.4. The maximum Gasteiger partial charge on any atom is 0.255 e. The van der Waals surface area contributed by atoms with E-state index >= 15 is 0 Å². The van der Waals surface area contributed by atoms with Crippen LogP contribution >= 0.6 is 15.9 Å². The van der Waals surface area contributed by atoms with E-state index in [1.807, 2.05) is 54.6 Å². The van der Waals surface area contributed by atoms with Gasteiger partial charge < -0.3 is 15.5 Å². The second kappa shape index (κ2) is 10.3. The molecule has 0 saturated heterocycles. The molecule has 3 aromatic carbocycles. The Kier molecular flexibility index (Phi) is 6.89. The van der Waals surface area contributed by atoms with Crippen LogP contribution in [0.15, 0.2) is 102 Å². The molecule has 6 heteroatoms. The number of pyridine rings is 1. The average molecular weight is 598 g/mol. The van der Waals surface area contributed by atoms with Gasteiger partial charge in [0.15, 0.2) is 0 Å². The number of rotatable bonds is 5. The van der Waals surface area contributed by atoms with Crippen molar-refractivity contribution in [1.82, 2.24) is 4.98 Å². The van der Waals surface area contributed by atoms with Crippen LogP contribution < -0.4 is 5.32 Å². The summed E-state index contributed by atoms with van der Waals surface area (Å²) in [6.07, 6.45) is 4.93. The molecular weight excluding hydrogens is 564 g/mol. The molecule has 4 aromatic rings. The Balaban J connectivity index is 1.40. The average Bonchev–Trinajstić information content (AvgIpc) is 2.96. The molecule has 4 atom stereocenters. The Bertz CT molecular complexity index is 1520. The monoisotopic (exact) mass is 596 g/mol. The van der Waals surface area contributed by atoms with Crippen LogP contribution in [0.5, 0.6) is 0 Å². The molecule has 1 saturated carbocycles. The molecule has 2 aliphatic carbocycles. The summed E-state index contributed by atoms with van der Waals surface area (Å²) in [6.45, 7) is 1.78. The zero-order valence-electron chi connectivity index (χ0n) is 22.5. The van der Waals surface area contributed by atoms with E-state index in [0.717, 1.165) is 30.4 Å². The highest BCUT2D eigenvalue weighted by Gasteiger charge is 2.61. The molecule has 0 unspecified atom stereocenters. The van der Waals surface area contributed by atoms with Gasteiger partial charge in [-0.3, -0.25) is 4.79 Å². The van der Waals surface area contributed by atoms with Gasteiger partial charge in [0.2, 0.25) is 0 Å². The Morgan fingerprint density at radius 3 is 2.42 bits per heavy atom. The number of carbonyl (C=O) groups is 1. The SMILES string of the molecule is C[C@@]1(O)C[C@@]2(Cc3ccccc3)c3ccc(C(=O)Nc4ccc(Br)nc4)cc3CC[C@@H]2C[C@@]1(O)c1ccccc1. The molecular formula is C34H33BrN2O3. The summed E-state index contributed by atoms with van der Waals surface area (Å²) < 4.78 is 0.708. The number of benzene rings is 3. The van der Waals surface area contributed by atoms with Crippen molar-refractivity contribution in [3.8, 4) is 0 Å². The van der Waals surface area contributed by atoms with Gasteiger partial charge in [-0.25, -0.2) is 4.98 Å². The van der Waals surface area contributed by atoms with Crippen molar-refractivity contribution in [3.05, 3.63) is 130 Å². The van der Waals surface area contributed by atoms with Gasteiger partial charge in [0.1, 0.15) is 10.2 Å². The van der Waals surface area contributed by atoms with E-state index in [1.54, 1.807) is 19.2 Å². The van der Waals surface area contributed by atoms with Crippen LogP contribution in [0, 0.1) is 5.92 Å². The zero-order valence-corrected chi connectivity index (χ0v) is 24.1. The molecule has 2 aliphatic rings. The quantitative estimate of drug-likeness (QED) is 0.227. The first-order valence-corrected chi connectivity index (χ1v) is 14.6. The van der Waals surface area contributed by atoms with Gasteiger partial charge in [0, 0.05) is 11.0 Å². The summed E-state index contributed by atoms with van der Waals surface area (Å²) in [5, 5.41) is 27.1. The lowest BCUT2D eigenvalue weighted by Gasteiger charge is -2.59. The Morgan fingerprint density at radius 1 is 1.00 bits per heavy atom. The number of hydrogen-bond donors (Lipinski definition) is 3. The van der Waals surface area contributed by atoms with E-state index in [9.17, 15) is 15.0 Å².